The molecule has 1 aromatic carbocycles. The maximum Gasteiger partial charge on any atom is 0.352 e. The number of benzene rings is 1. The first kappa shape index (κ1) is 15.0. The minimum absolute atomic E-state index is 0.0733. The molecule has 20 heavy (non-hydrogen) atoms. The standard InChI is InChI=1S/C13H14Cl2N2O3/c1-5(4-16)8-6-3-7(20-2)9(14)10(15)11(6)17-12(8)13(18)19/h3,5,17H,4,16H2,1-2H3,(H,18,19). The Bertz CT molecular complexity index is 682. The van der Waals surface area contributed by atoms with Crippen molar-refractivity contribution in [2.45, 2.75) is 12.8 Å². The summed E-state index contributed by atoms with van der Waals surface area (Å²) >= 11 is 12.3. The topological polar surface area (TPSA) is 88.3 Å². The highest BCUT2D eigenvalue weighted by Crippen LogP contribution is 2.41. The van der Waals surface area contributed by atoms with Gasteiger partial charge in [0.15, 0.2) is 0 Å². The van der Waals surface area contributed by atoms with Crippen LogP contribution in [0.1, 0.15) is 28.9 Å². The second-order valence-electron chi connectivity index (χ2n) is 4.48. The Morgan fingerprint density at radius 3 is 2.65 bits per heavy atom. The van der Waals surface area contributed by atoms with Crippen molar-refractivity contribution >= 4 is 40.1 Å². The zero-order chi connectivity index (χ0) is 15.0. The molecule has 2 rings (SSSR count). The Balaban J connectivity index is 2.89. The Morgan fingerprint density at radius 1 is 1.50 bits per heavy atom. The third kappa shape index (κ3) is 2.22. The number of H-pyrrole nitrogens is 1. The summed E-state index contributed by atoms with van der Waals surface area (Å²) in [4.78, 5) is 14.2. The molecule has 5 nitrogen and oxygen atoms in total. The first-order valence-corrected chi connectivity index (χ1v) is 6.68. The number of aromatic carboxylic acids is 1. The van der Waals surface area contributed by atoms with Gasteiger partial charge in [-0.3, -0.25) is 0 Å². The van der Waals surface area contributed by atoms with E-state index in [1.165, 1.54) is 7.11 Å². The number of carboxylic acids is 1. The van der Waals surface area contributed by atoms with Crippen molar-refractivity contribution < 1.29 is 14.6 Å². The molecule has 4 N–H and O–H groups in total. The van der Waals surface area contributed by atoms with Crippen LogP contribution in [0.15, 0.2) is 6.07 Å². The molecule has 7 heteroatoms. The number of methoxy groups -OCH3 is 1. The molecule has 0 radical (unpaired) electrons. The molecule has 1 atom stereocenters. The van der Waals surface area contributed by atoms with E-state index in [1.54, 1.807) is 6.07 Å². The average Bonchev–Trinajstić information content (AvgIpc) is 2.81. The fourth-order valence-corrected chi connectivity index (χ4v) is 2.68. The molecule has 0 aliphatic rings. The lowest BCUT2D eigenvalue weighted by Crippen LogP contribution is -2.12. The smallest absolute Gasteiger partial charge is 0.352 e. The molecule has 0 aliphatic heterocycles. The summed E-state index contributed by atoms with van der Waals surface area (Å²) in [6.45, 7) is 2.17. The number of carboxylic acid groups (broad SMARTS) is 1. The quantitative estimate of drug-likeness (QED) is 0.807. The van der Waals surface area contributed by atoms with Crippen molar-refractivity contribution in [2.24, 2.45) is 5.73 Å². The number of halogens is 2. The van der Waals surface area contributed by atoms with Crippen LogP contribution in [0.5, 0.6) is 5.75 Å². The Hall–Kier alpha value is -1.43. The van der Waals surface area contributed by atoms with E-state index in [4.69, 9.17) is 33.7 Å². The molecular weight excluding hydrogens is 303 g/mol. The molecule has 0 aliphatic carbocycles. The van der Waals surface area contributed by atoms with E-state index in [9.17, 15) is 9.90 Å². The number of aromatic amines is 1. The summed E-state index contributed by atoms with van der Waals surface area (Å²) in [6.07, 6.45) is 0. The largest absolute Gasteiger partial charge is 0.495 e. The molecule has 0 saturated heterocycles. The molecule has 1 heterocycles. The number of carbonyl (C=O) groups is 1. The van der Waals surface area contributed by atoms with Crippen LogP contribution in [-0.2, 0) is 0 Å². The summed E-state index contributed by atoms with van der Waals surface area (Å²) in [5.41, 5.74) is 6.82. The molecule has 108 valence electrons. The van der Waals surface area contributed by atoms with Gasteiger partial charge in [-0.25, -0.2) is 4.79 Å². The van der Waals surface area contributed by atoms with Crippen molar-refractivity contribution in [3.63, 3.8) is 0 Å². The first-order valence-electron chi connectivity index (χ1n) is 5.93. The second-order valence-corrected chi connectivity index (χ2v) is 5.24. The molecule has 0 saturated carbocycles. The maximum atomic E-state index is 11.4. The van der Waals surface area contributed by atoms with Crippen LogP contribution in [0.4, 0.5) is 0 Å². The Kier molecular flexibility index (Phi) is 4.13. The predicted octanol–water partition coefficient (Wildman–Crippen LogP) is 3.24. The first-order chi connectivity index (χ1) is 9.42. The minimum atomic E-state index is -1.07. The summed E-state index contributed by atoms with van der Waals surface area (Å²) in [7, 11) is 1.47. The molecule has 2 aromatic rings. The molecule has 1 aromatic heterocycles. The number of nitrogens with two attached hydrogens (primary N) is 1. The zero-order valence-electron chi connectivity index (χ0n) is 11.0. The van der Waals surface area contributed by atoms with Crippen molar-refractivity contribution in [3.05, 3.63) is 27.4 Å². The van der Waals surface area contributed by atoms with Crippen LogP contribution in [0, 0.1) is 0 Å². The van der Waals surface area contributed by atoms with Gasteiger partial charge in [0.05, 0.1) is 17.6 Å². The number of fused-ring (bicyclic) bond motifs is 1. The van der Waals surface area contributed by atoms with E-state index >= 15 is 0 Å². The highest BCUT2D eigenvalue weighted by atomic mass is 35.5. The molecule has 1 unspecified atom stereocenters. The van der Waals surface area contributed by atoms with Crippen LogP contribution in [0.2, 0.25) is 10.0 Å². The fraction of sp³-hybridized carbons (Fsp3) is 0.308. The van der Waals surface area contributed by atoms with E-state index < -0.39 is 5.97 Å². The van der Waals surface area contributed by atoms with Gasteiger partial charge < -0.3 is 20.6 Å². The van der Waals surface area contributed by atoms with Crippen molar-refractivity contribution in [2.75, 3.05) is 13.7 Å². The van der Waals surface area contributed by atoms with Gasteiger partial charge in [0, 0.05) is 5.39 Å². The average molecular weight is 317 g/mol. The lowest BCUT2D eigenvalue weighted by Gasteiger charge is -2.10. The van der Waals surface area contributed by atoms with E-state index in [-0.39, 0.29) is 21.7 Å². The maximum absolute atomic E-state index is 11.4. The third-order valence-corrected chi connectivity index (χ3v) is 4.11. The van der Waals surface area contributed by atoms with Gasteiger partial charge in [-0.15, -0.1) is 0 Å². The monoisotopic (exact) mass is 316 g/mol. The second kappa shape index (κ2) is 5.52. The highest BCUT2D eigenvalue weighted by Gasteiger charge is 2.24. The normalized spacial score (nSPS) is 12.7. The number of ether oxygens (including phenoxy) is 1. The van der Waals surface area contributed by atoms with E-state index in [0.717, 1.165) is 0 Å². The van der Waals surface area contributed by atoms with E-state index in [2.05, 4.69) is 4.98 Å². The van der Waals surface area contributed by atoms with E-state index in [0.29, 0.717) is 28.8 Å². The Morgan fingerprint density at radius 2 is 2.15 bits per heavy atom. The summed E-state index contributed by atoms with van der Waals surface area (Å²) in [5.74, 6) is -0.815. The zero-order valence-corrected chi connectivity index (χ0v) is 12.5. The number of aromatic nitrogens is 1. The number of nitrogens with one attached hydrogen (secondary N) is 1. The number of hydrogen-bond acceptors (Lipinski definition) is 3. The summed E-state index contributed by atoms with van der Waals surface area (Å²) < 4.78 is 5.16. The van der Waals surface area contributed by atoms with E-state index in [1.807, 2.05) is 6.92 Å². The lowest BCUT2D eigenvalue weighted by molar-refractivity contribution is 0.0690. The molecular formula is C13H14Cl2N2O3. The minimum Gasteiger partial charge on any atom is -0.495 e. The van der Waals surface area contributed by atoms with Crippen molar-refractivity contribution in [3.8, 4) is 5.75 Å². The van der Waals surface area contributed by atoms with Gasteiger partial charge in [0.2, 0.25) is 0 Å². The number of rotatable bonds is 4. The van der Waals surface area contributed by atoms with Crippen LogP contribution < -0.4 is 10.5 Å². The van der Waals surface area contributed by atoms with Crippen molar-refractivity contribution in [1.29, 1.82) is 0 Å². The lowest BCUT2D eigenvalue weighted by atomic mass is 9.97. The predicted molar refractivity (Wildman–Crippen MR) is 79.3 cm³/mol. The van der Waals surface area contributed by atoms with Crippen LogP contribution in [-0.4, -0.2) is 29.7 Å². The van der Waals surface area contributed by atoms with Crippen molar-refractivity contribution in [1.82, 2.24) is 4.98 Å². The molecule has 0 bridgehead atoms. The summed E-state index contributed by atoms with van der Waals surface area (Å²) in [6, 6.07) is 1.67. The van der Waals surface area contributed by atoms with Gasteiger partial charge in [0.1, 0.15) is 16.5 Å². The molecule has 0 spiro atoms. The highest BCUT2D eigenvalue weighted by molar-refractivity contribution is 6.46. The molecule has 0 fully saturated rings. The van der Waals surface area contributed by atoms with Crippen LogP contribution in [0.3, 0.4) is 0 Å². The number of hydrogen-bond donors (Lipinski definition) is 3. The van der Waals surface area contributed by atoms with Gasteiger partial charge in [0.25, 0.3) is 0 Å². The van der Waals surface area contributed by atoms with Crippen LogP contribution >= 0.6 is 23.2 Å². The fourth-order valence-electron chi connectivity index (χ4n) is 2.21. The van der Waals surface area contributed by atoms with Gasteiger partial charge in [-0.2, -0.15) is 0 Å². The van der Waals surface area contributed by atoms with Gasteiger partial charge in [-0.05, 0) is 24.1 Å². The molecule has 0 amide bonds. The van der Waals surface area contributed by atoms with Gasteiger partial charge >= 0.3 is 5.97 Å². The summed E-state index contributed by atoms with van der Waals surface area (Å²) in [5, 5.41) is 10.5. The van der Waals surface area contributed by atoms with Gasteiger partial charge in [-0.1, -0.05) is 30.1 Å². The SMILES string of the molecule is COc1cc2c(C(C)CN)c(C(=O)O)[nH]c2c(Cl)c1Cl. The van der Waals surface area contributed by atoms with Crippen LogP contribution in [0.25, 0.3) is 10.9 Å². The third-order valence-electron chi connectivity index (χ3n) is 3.26. The Labute approximate surface area is 125 Å².